The van der Waals surface area contributed by atoms with Crippen LogP contribution in [0.25, 0.3) is 0 Å². The van der Waals surface area contributed by atoms with E-state index in [1.54, 1.807) is 31.3 Å². The number of likely N-dealkylation sites (tertiary alicyclic amines) is 1. The third kappa shape index (κ3) is 6.68. The van der Waals surface area contributed by atoms with Crippen LogP contribution in [-0.4, -0.2) is 93.4 Å². The first kappa shape index (κ1) is 27.9. The maximum atomic E-state index is 13.5. The van der Waals surface area contributed by atoms with Crippen LogP contribution in [0.5, 0.6) is 5.75 Å². The zero-order valence-electron chi connectivity index (χ0n) is 20.9. The van der Waals surface area contributed by atoms with Crippen molar-refractivity contribution < 1.29 is 45.3 Å². The van der Waals surface area contributed by atoms with Crippen LogP contribution < -0.4 is 4.74 Å². The van der Waals surface area contributed by atoms with Crippen molar-refractivity contribution in [2.24, 2.45) is 0 Å². The predicted molar refractivity (Wildman–Crippen MR) is 127 cm³/mol. The van der Waals surface area contributed by atoms with E-state index < -0.39 is 40.6 Å². The first-order valence-electron chi connectivity index (χ1n) is 12.3. The van der Waals surface area contributed by atoms with Crippen molar-refractivity contribution in [3.05, 3.63) is 29.8 Å². The van der Waals surface area contributed by atoms with Crippen molar-refractivity contribution in [3.63, 3.8) is 0 Å². The molecule has 1 unspecified atom stereocenters. The van der Waals surface area contributed by atoms with E-state index >= 15 is 0 Å². The monoisotopic (exact) mass is 550 g/mol. The Balaban J connectivity index is 1.26. The van der Waals surface area contributed by atoms with Gasteiger partial charge in [0.1, 0.15) is 5.75 Å². The molecule has 3 fully saturated rings. The zero-order valence-corrected chi connectivity index (χ0v) is 21.7. The minimum atomic E-state index is -4.79. The van der Waals surface area contributed by atoms with Crippen molar-refractivity contribution >= 4 is 16.1 Å². The fraction of sp³-hybridized carbons (Fsp3) is 0.708. The molecule has 1 aliphatic carbocycles. The molecule has 0 bridgehead atoms. The number of amides is 1. The second-order valence-electron chi connectivity index (χ2n) is 9.88. The Morgan fingerprint density at radius 1 is 1.22 bits per heavy atom. The summed E-state index contributed by atoms with van der Waals surface area (Å²) in [4.78, 5) is 13.8. The molecule has 0 radical (unpaired) electrons. The second-order valence-corrected chi connectivity index (χ2v) is 12.1. The SMILES string of the molecule is COc1ccc(COCC(OC(=O)N2CCC3(CC2)C[C@@H](N(C)S(=O)(=O)C2CC2)CO3)C(F)(F)F)cc1. The molecule has 2 saturated heterocycles. The van der Waals surface area contributed by atoms with Gasteiger partial charge in [-0.25, -0.2) is 13.2 Å². The van der Waals surface area contributed by atoms with Gasteiger partial charge in [0.05, 0.1) is 43.8 Å². The summed E-state index contributed by atoms with van der Waals surface area (Å²) >= 11 is 0. The zero-order chi connectivity index (χ0) is 26.8. The highest BCUT2D eigenvalue weighted by molar-refractivity contribution is 7.90. The number of alkyl halides is 3. The van der Waals surface area contributed by atoms with Crippen LogP contribution in [0.3, 0.4) is 0 Å². The number of benzene rings is 1. The molecule has 3 aliphatic rings. The summed E-state index contributed by atoms with van der Waals surface area (Å²) in [6.07, 6.45) is -5.63. The minimum Gasteiger partial charge on any atom is -0.497 e. The third-order valence-electron chi connectivity index (χ3n) is 7.29. The first-order chi connectivity index (χ1) is 17.4. The quantitative estimate of drug-likeness (QED) is 0.466. The van der Waals surface area contributed by atoms with Crippen LogP contribution >= 0.6 is 0 Å². The molecule has 1 aromatic carbocycles. The largest absolute Gasteiger partial charge is 0.497 e. The first-order valence-corrected chi connectivity index (χ1v) is 13.8. The van der Waals surface area contributed by atoms with E-state index in [0.29, 0.717) is 43.4 Å². The number of rotatable bonds is 9. The standard InChI is InChI=1S/C24H33F3N2O7S/c1-28(37(31,32)20-7-8-20)18-13-23(35-15-18)9-11-29(12-10-23)22(30)36-21(24(25,26)27)16-34-14-17-3-5-19(33-2)6-4-17/h3-6,18,20-21H,7-16H2,1-2H3/t18-,21?/m1/s1. The van der Waals surface area contributed by atoms with Crippen molar-refractivity contribution in [2.45, 2.75) is 67.9 Å². The van der Waals surface area contributed by atoms with E-state index in [4.69, 9.17) is 18.9 Å². The number of hydrogen-bond donors (Lipinski definition) is 0. The molecule has 37 heavy (non-hydrogen) atoms. The number of hydrogen-bond acceptors (Lipinski definition) is 7. The smallest absolute Gasteiger partial charge is 0.427 e. The molecule has 2 heterocycles. The lowest BCUT2D eigenvalue weighted by molar-refractivity contribution is -0.220. The van der Waals surface area contributed by atoms with Gasteiger partial charge in [-0.1, -0.05) is 12.1 Å². The Morgan fingerprint density at radius 3 is 2.43 bits per heavy atom. The van der Waals surface area contributed by atoms with Gasteiger partial charge in [0.25, 0.3) is 0 Å². The molecule has 0 N–H and O–H groups in total. The summed E-state index contributed by atoms with van der Waals surface area (Å²) in [6.45, 7) is -0.339. The highest BCUT2D eigenvalue weighted by Gasteiger charge is 2.50. The molecular formula is C24H33F3N2O7S. The van der Waals surface area contributed by atoms with Crippen molar-refractivity contribution in [2.75, 3.05) is 40.5 Å². The lowest BCUT2D eigenvalue weighted by Gasteiger charge is -2.38. The topological polar surface area (TPSA) is 94.6 Å². The average molecular weight is 551 g/mol. The summed E-state index contributed by atoms with van der Waals surface area (Å²) in [7, 11) is -0.261. The molecule has 1 amide bonds. The average Bonchev–Trinajstić information content (AvgIpc) is 3.66. The van der Waals surface area contributed by atoms with Crippen molar-refractivity contribution in [1.29, 1.82) is 0 Å². The van der Waals surface area contributed by atoms with Gasteiger partial charge in [-0.2, -0.15) is 17.5 Å². The van der Waals surface area contributed by atoms with Crippen molar-refractivity contribution in [1.82, 2.24) is 9.21 Å². The number of ether oxygens (including phenoxy) is 4. The highest BCUT2D eigenvalue weighted by atomic mass is 32.2. The lowest BCUT2D eigenvalue weighted by Crippen LogP contribution is -2.49. The van der Waals surface area contributed by atoms with Crippen LogP contribution in [0, 0.1) is 0 Å². The molecule has 1 saturated carbocycles. The molecular weight excluding hydrogens is 517 g/mol. The van der Waals surface area contributed by atoms with Crippen LogP contribution in [0.2, 0.25) is 0 Å². The molecule has 1 spiro atoms. The molecule has 4 rings (SSSR count). The van der Waals surface area contributed by atoms with E-state index in [-0.39, 0.29) is 37.6 Å². The van der Waals surface area contributed by atoms with Crippen LogP contribution in [0.15, 0.2) is 24.3 Å². The van der Waals surface area contributed by atoms with Gasteiger partial charge in [0.2, 0.25) is 16.1 Å². The molecule has 2 aliphatic heterocycles. The van der Waals surface area contributed by atoms with Gasteiger partial charge >= 0.3 is 12.3 Å². The number of halogens is 3. The fourth-order valence-corrected chi connectivity index (χ4v) is 6.46. The van der Waals surface area contributed by atoms with E-state index in [0.717, 1.165) is 0 Å². The maximum absolute atomic E-state index is 13.5. The lowest BCUT2D eigenvalue weighted by atomic mass is 9.87. The Hall–Kier alpha value is -2.09. The van der Waals surface area contributed by atoms with Crippen LogP contribution in [0.4, 0.5) is 18.0 Å². The Bertz CT molecular complexity index is 1040. The summed E-state index contributed by atoms with van der Waals surface area (Å²) in [5.74, 6) is 0.614. The number of nitrogens with zero attached hydrogens (tertiary/aromatic N) is 2. The number of likely N-dealkylation sites (N-methyl/N-ethyl adjacent to an activating group) is 1. The van der Waals surface area contributed by atoms with Crippen LogP contribution in [-0.2, 0) is 30.8 Å². The van der Waals surface area contributed by atoms with E-state index in [2.05, 4.69) is 0 Å². The molecule has 2 atom stereocenters. The number of sulfonamides is 1. The molecule has 0 aromatic heterocycles. The molecule has 9 nitrogen and oxygen atoms in total. The molecule has 1 aromatic rings. The van der Waals surface area contributed by atoms with Gasteiger partial charge in [-0.15, -0.1) is 0 Å². The fourth-order valence-electron chi connectivity index (χ4n) is 4.70. The van der Waals surface area contributed by atoms with E-state index in [1.807, 2.05) is 0 Å². The van der Waals surface area contributed by atoms with E-state index in [9.17, 15) is 26.4 Å². The minimum absolute atomic E-state index is 0.0796. The molecule has 13 heteroatoms. The normalized spacial score (nSPS) is 22.9. The van der Waals surface area contributed by atoms with Gasteiger partial charge in [0, 0.05) is 20.1 Å². The van der Waals surface area contributed by atoms with E-state index in [1.165, 1.54) is 16.3 Å². The predicted octanol–water partition coefficient (Wildman–Crippen LogP) is 3.33. The number of piperidine rings is 1. The number of carbonyl (C=O) groups is 1. The second kappa shape index (κ2) is 11.0. The van der Waals surface area contributed by atoms with Crippen LogP contribution in [0.1, 0.15) is 37.7 Å². The summed E-state index contributed by atoms with van der Waals surface area (Å²) in [5, 5.41) is -0.313. The third-order valence-corrected chi connectivity index (χ3v) is 9.70. The summed E-state index contributed by atoms with van der Waals surface area (Å²) in [5.41, 5.74) is 0.0551. The Labute approximate surface area is 214 Å². The Morgan fingerprint density at radius 2 is 1.86 bits per heavy atom. The highest BCUT2D eigenvalue weighted by Crippen LogP contribution is 2.40. The van der Waals surface area contributed by atoms with Crippen molar-refractivity contribution in [3.8, 4) is 5.75 Å². The number of methoxy groups -OCH3 is 1. The number of carbonyl (C=O) groups excluding carboxylic acids is 1. The van der Waals surface area contributed by atoms with Gasteiger partial charge < -0.3 is 23.8 Å². The maximum Gasteiger partial charge on any atom is 0.427 e. The summed E-state index contributed by atoms with van der Waals surface area (Å²) < 4.78 is 88.1. The van der Waals surface area contributed by atoms with Gasteiger partial charge in [0.15, 0.2) is 0 Å². The van der Waals surface area contributed by atoms with Gasteiger partial charge in [-0.3, -0.25) is 0 Å². The molecule has 208 valence electrons. The Kier molecular flexibility index (Phi) is 8.27. The van der Waals surface area contributed by atoms with Gasteiger partial charge in [-0.05, 0) is 49.8 Å². The summed E-state index contributed by atoms with van der Waals surface area (Å²) in [6, 6.07) is 6.39.